The minimum Gasteiger partial charge on any atom is -0.495 e. The summed E-state index contributed by atoms with van der Waals surface area (Å²) in [5.74, 6) is 0.499. The maximum Gasteiger partial charge on any atom is 0.182 e. The molecule has 0 fully saturated rings. The monoisotopic (exact) mass is 313 g/mol. The zero-order valence-corrected chi connectivity index (χ0v) is 13.9. The van der Waals surface area contributed by atoms with Crippen LogP contribution in [0.4, 0.5) is 5.69 Å². The third kappa shape index (κ3) is 5.96. The Morgan fingerprint density at radius 1 is 1.05 bits per heavy atom. The second-order valence-corrected chi connectivity index (χ2v) is 7.43. The van der Waals surface area contributed by atoms with Crippen LogP contribution < -0.4 is 10.5 Å². The zero-order chi connectivity index (χ0) is 15.7. The van der Waals surface area contributed by atoms with Crippen LogP contribution in [0.15, 0.2) is 23.1 Å². The second kappa shape index (κ2) is 8.93. The third-order valence-electron chi connectivity index (χ3n) is 3.54. The van der Waals surface area contributed by atoms with Gasteiger partial charge in [0.15, 0.2) is 9.84 Å². The van der Waals surface area contributed by atoms with Gasteiger partial charge in [0.2, 0.25) is 0 Å². The summed E-state index contributed by atoms with van der Waals surface area (Å²) in [6.45, 7) is 2.19. The van der Waals surface area contributed by atoms with Gasteiger partial charge in [0, 0.05) is 11.8 Å². The molecule has 4 nitrogen and oxygen atoms in total. The molecular formula is C16H27NO3S. The van der Waals surface area contributed by atoms with E-state index < -0.39 is 9.84 Å². The molecule has 2 N–H and O–H groups in total. The molecule has 0 aliphatic heterocycles. The van der Waals surface area contributed by atoms with Gasteiger partial charge in [-0.2, -0.15) is 0 Å². The lowest BCUT2D eigenvalue weighted by atomic mass is 10.1. The molecule has 0 radical (unpaired) electrons. The van der Waals surface area contributed by atoms with Gasteiger partial charge in [-0.3, -0.25) is 0 Å². The lowest BCUT2D eigenvalue weighted by molar-refractivity contribution is 0.403. The number of sulfone groups is 1. The molecule has 0 unspecified atom stereocenters. The van der Waals surface area contributed by atoms with Gasteiger partial charge >= 0.3 is 0 Å². The number of unbranched alkanes of at least 4 members (excludes halogenated alkanes) is 6. The zero-order valence-electron chi connectivity index (χ0n) is 13.1. The fourth-order valence-electron chi connectivity index (χ4n) is 2.30. The smallest absolute Gasteiger partial charge is 0.182 e. The number of benzene rings is 1. The van der Waals surface area contributed by atoms with E-state index in [0.717, 1.165) is 12.8 Å². The lowest BCUT2D eigenvalue weighted by Gasteiger charge is -2.10. The van der Waals surface area contributed by atoms with Crippen LogP contribution in [0.1, 0.15) is 51.9 Å². The Morgan fingerprint density at radius 3 is 2.29 bits per heavy atom. The number of methoxy groups -OCH3 is 1. The van der Waals surface area contributed by atoms with Crippen LogP contribution in [-0.4, -0.2) is 21.3 Å². The van der Waals surface area contributed by atoms with Gasteiger partial charge in [-0.05, 0) is 18.6 Å². The minimum absolute atomic E-state index is 0.168. The largest absolute Gasteiger partial charge is 0.495 e. The first-order valence-electron chi connectivity index (χ1n) is 7.67. The van der Waals surface area contributed by atoms with Crippen molar-refractivity contribution in [3.05, 3.63) is 18.2 Å². The Morgan fingerprint density at radius 2 is 1.67 bits per heavy atom. The summed E-state index contributed by atoms with van der Waals surface area (Å²) >= 11 is 0. The number of rotatable bonds is 10. The molecule has 1 aromatic carbocycles. The molecule has 0 spiro atoms. The van der Waals surface area contributed by atoms with E-state index in [1.807, 2.05) is 0 Å². The van der Waals surface area contributed by atoms with Crippen LogP contribution in [-0.2, 0) is 9.84 Å². The van der Waals surface area contributed by atoms with Crippen molar-refractivity contribution >= 4 is 15.5 Å². The predicted molar refractivity (Wildman–Crippen MR) is 87.5 cm³/mol. The van der Waals surface area contributed by atoms with Crippen molar-refractivity contribution in [2.45, 2.75) is 56.8 Å². The summed E-state index contributed by atoms with van der Waals surface area (Å²) in [7, 11) is -1.84. The van der Waals surface area contributed by atoms with E-state index in [9.17, 15) is 8.42 Å². The summed E-state index contributed by atoms with van der Waals surface area (Å²) in [5.41, 5.74) is 6.15. The molecule has 0 aliphatic rings. The first kappa shape index (κ1) is 17.8. The van der Waals surface area contributed by atoms with Crippen molar-refractivity contribution in [1.29, 1.82) is 0 Å². The number of nitrogen functional groups attached to an aromatic ring is 1. The van der Waals surface area contributed by atoms with Crippen molar-refractivity contribution < 1.29 is 13.2 Å². The van der Waals surface area contributed by atoms with E-state index in [1.54, 1.807) is 12.1 Å². The Labute approximate surface area is 128 Å². The number of nitrogens with two attached hydrogens (primary N) is 1. The SMILES string of the molecule is CCCCCCCCCS(=O)(=O)c1ccc(N)cc1OC. The number of anilines is 1. The first-order valence-corrected chi connectivity index (χ1v) is 9.32. The highest BCUT2D eigenvalue weighted by atomic mass is 32.2. The maximum absolute atomic E-state index is 12.3. The highest BCUT2D eigenvalue weighted by Crippen LogP contribution is 2.27. The summed E-state index contributed by atoms with van der Waals surface area (Å²) in [6.07, 6.45) is 7.69. The van der Waals surface area contributed by atoms with Crippen molar-refractivity contribution in [3.63, 3.8) is 0 Å². The van der Waals surface area contributed by atoms with Gasteiger partial charge in [0.05, 0.1) is 12.9 Å². The molecule has 0 aliphatic carbocycles. The molecule has 0 bridgehead atoms. The van der Waals surface area contributed by atoms with Crippen LogP contribution in [0.2, 0.25) is 0 Å². The molecule has 0 aromatic heterocycles. The highest BCUT2D eigenvalue weighted by molar-refractivity contribution is 7.91. The quantitative estimate of drug-likeness (QED) is 0.527. The molecule has 1 aromatic rings. The summed E-state index contributed by atoms with van der Waals surface area (Å²) in [5, 5.41) is 0. The molecule has 0 amide bonds. The van der Waals surface area contributed by atoms with Crippen LogP contribution in [0.3, 0.4) is 0 Å². The first-order chi connectivity index (χ1) is 10.0. The topological polar surface area (TPSA) is 69.4 Å². The average molecular weight is 313 g/mol. The second-order valence-electron chi connectivity index (χ2n) is 5.35. The Hall–Kier alpha value is -1.23. The normalized spacial score (nSPS) is 11.5. The van der Waals surface area contributed by atoms with E-state index in [1.165, 1.54) is 38.9 Å². The molecule has 0 saturated heterocycles. The molecule has 0 heterocycles. The molecule has 1 rings (SSSR count). The highest BCUT2D eigenvalue weighted by Gasteiger charge is 2.19. The standard InChI is InChI=1S/C16H27NO3S/c1-3-4-5-6-7-8-9-12-21(18,19)16-11-10-14(17)13-15(16)20-2/h10-11,13H,3-9,12,17H2,1-2H3. The van der Waals surface area contributed by atoms with Crippen LogP contribution >= 0.6 is 0 Å². The molecule has 0 saturated carbocycles. The number of hydrogen-bond acceptors (Lipinski definition) is 4. The van der Waals surface area contributed by atoms with Crippen LogP contribution in [0, 0.1) is 0 Å². The van der Waals surface area contributed by atoms with Crippen molar-refractivity contribution in [1.82, 2.24) is 0 Å². The summed E-state index contributed by atoms with van der Waals surface area (Å²) < 4.78 is 29.8. The summed E-state index contributed by atoms with van der Waals surface area (Å²) in [4.78, 5) is 0.241. The van der Waals surface area contributed by atoms with E-state index in [-0.39, 0.29) is 10.6 Å². The van der Waals surface area contributed by atoms with E-state index in [4.69, 9.17) is 10.5 Å². The molecule has 21 heavy (non-hydrogen) atoms. The fourth-order valence-corrected chi connectivity index (χ4v) is 3.83. The lowest BCUT2D eigenvalue weighted by Crippen LogP contribution is -2.09. The Kier molecular flexibility index (Phi) is 7.57. The van der Waals surface area contributed by atoms with Gasteiger partial charge < -0.3 is 10.5 Å². The maximum atomic E-state index is 12.3. The number of ether oxygens (including phenoxy) is 1. The molecule has 5 heteroatoms. The van der Waals surface area contributed by atoms with E-state index >= 15 is 0 Å². The average Bonchev–Trinajstić information content (AvgIpc) is 2.45. The van der Waals surface area contributed by atoms with Crippen LogP contribution in [0.5, 0.6) is 5.75 Å². The van der Waals surface area contributed by atoms with Gasteiger partial charge in [0.25, 0.3) is 0 Å². The molecular weight excluding hydrogens is 286 g/mol. The van der Waals surface area contributed by atoms with Crippen molar-refractivity contribution in [2.24, 2.45) is 0 Å². The predicted octanol–water partition coefficient (Wildman–Crippen LogP) is 3.80. The third-order valence-corrected chi connectivity index (χ3v) is 5.37. The van der Waals surface area contributed by atoms with Crippen LogP contribution in [0.25, 0.3) is 0 Å². The van der Waals surface area contributed by atoms with Crippen molar-refractivity contribution in [2.75, 3.05) is 18.6 Å². The molecule has 0 atom stereocenters. The van der Waals surface area contributed by atoms with Gasteiger partial charge in [0.1, 0.15) is 10.6 Å². The fraction of sp³-hybridized carbons (Fsp3) is 0.625. The van der Waals surface area contributed by atoms with Crippen molar-refractivity contribution in [3.8, 4) is 5.75 Å². The van der Waals surface area contributed by atoms with E-state index in [0.29, 0.717) is 17.9 Å². The van der Waals surface area contributed by atoms with Gasteiger partial charge in [-0.25, -0.2) is 8.42 Å². The number of hydrogen-bond donors (Lipinski definition) is 1. The Balaban J connectivity index is 2.50. The van der Waals surface area contributed by atoms with Gasteiger partial charge in [-0.1, -0.05) is 45.4 Å². The van der Waals surface area contributed by atoms with E-state index in [2.05, 4.69) is 6.92 Å². The molecule has 120 valence electrons. The van der Waals surface area contributed by atoms with Gasteiger partial charge in [-0.15, -0.1) is 0 Å². The minimum atomic E-state index is -3.30. The Bertz CT molecular complexity index is 526. The summed E-state index contributed by atoms with van der Waals surface area (Å²) in [6, 6.07) is 4.68.